The molecule has 0 radical (unpaired) electrons. The van der Waals surface area contributed by atoms with Crippen LogP contribution in [-0.4, -0.2) is 48.2 Å². The molecule has 0 unspecified atom stereocenters. The van der Waals surface area contributed by atoms with Crippen LogP contribution in [0.4, 0.5) is 0 Å². The molecule has 0 saturated carbocycles. The van der Waals surface area contributed by atoms with Gasteiger partial charge in [0, 0.05) is 20.3 Å². The molecule has 1 heterocycles. The number of esters is 1. The molecule has 0 aliphatic rings. The van der Waals surface area contributed by atoms with Gasteiger partial charge in [0.1, 0.15) is 0 Å². The Morgan fingerprint density at radius 1 is 1.39 bits per heavy atom. The Morgan fingerprint density at radius 2 is 2.11 bits per heavy atom. The summed E-state index contributed by atoms with van der Waals surface area (Å²) in [6.07, 6.45) is 1.46. The molecule has 1 aromatic heterocycles. The second kappa shape index (κ2) is 7.00. The molecule has 5 nitrogen and oxygen atoms in total. The molecule has 0 aromatic carbocycles. The average molecular weight is 268 g/mol. The summed E-state index contributed by atoms with van der Waals surface area (Å²) in [5.41, 5.74) is 0.417. The van der Waals surface area contributed by atoms with Gasteiger partial charge < -0.3 is 9.64 Å². The van der Waals surface area contributed by atoms with E-state index in [2.05, 4.69) is 4.98 Å². The Balaban J connectivity index is 2.55. The van der Waals surface area contributed by atoms with Crippen molar-refractivity contribution in [3.63, 3.8) is 0 Å². The largest absolute Gasteiger partial charge is 0.462 e. The van der Waals surface area contributed by atoms with Gasteiger partial charge in [-0.25, -0.2) is 9.78 Å². The van der Waals surface area contributed by atoms with Crippen molar-refractivity contribution in [1.82, 2.24) is 9.88 Å². The van der Waals surface area contributed by atoms with Crippen LogP contribution in [-0.2, 0) is 9.53 Å². The van der Waals surface area contributed by atoms with Crippen molar-refractivity contribution in [3.05, 3.63) is 23.9 Å². The topological polar surface area (TPSA) is 59.5 Å². The molecule has 1 rings (SSSR count). The molecule has 0 atom stereocenters. The number of nitrogens with zero attached hydrogens (tertiary/aromatic N) is 2. The number of hydrogen-bond acceptors (Lipinski definition) is 5. The van der Waals surface area contributed by atoms with Gasteiger partial charge in [0.05, 0.1) is 22.9 Å². The summed E-state index contributed by atoms with van der Waals surface area (Å²) in [7, 11) is 3.42. The molecule has 98 valence electrons. The first-order valence-corrected chi connectivity index (χ1v) is 6.49. The van der Waals surface area contributed by atoms with Crippen LogP contribution in [0.5, 0.6) is 0 Å². The fourth-order valence-corrected chi connectivity index (χ4v) is 1.89. The van der Waals surface area contributed by atoms with Crippen LogP contribution < -0.4 is 0 Å². The molecular formula is C12H16N2O3S. The van der Waals surface area contributed by atoms with E-state index in [9.17, 15) is 9.59 Å². The highest BCUT2D eigenvalue weighted by Crippen LogP contribution is 2.15. The molecule has 0 spiro atoms. The van der Waals surface area contributed by atoms with Gasteiger partial charge in [0.25, 0.3) is 0 Å². The molecule has 0 saturated heterocycles. The van der Waals surface area contributed by atoms with Crippen LogP contribution in [0.25, 0.3) is 0 Å². The minimum Gasteiger partial charge on any atom is -0.462 e. The summed E-state index contributed by atoms with van der Waals surface area (Å²) in [6.45, 7) is 2.09. The van der Waals surface area contributed by atoms with Gasteiger partial charge in [0.2, 0.25) is 5.91 Å². The van der Waals surface area contributed by atoms with E-state index in [0.717, 1.165) is 0 Å². The van der Waals surface area contributed by atoms with E-state index >= 15 is 0 Å². The van der Waals surface area contributed by atoms with E-state index < -0.39 is 0 Å². The number of aromatic nitrogens is 1. The van der Waals surface area contributed by atoms with Gasteiger partial charge in [-0.1, -0.05) is 11.8 Å². The van der Waals surface area contributed by atoms with E-state index in [-0.39, 0.29) is 11.9 Å². The van der Waals surface area contributed by atoms with Gasteiger partial charge in [-0.05, 0) is 19.1 Å². The van der Waals surface area contributed by atoms with Gasteiger partial charge in [-0.2, -0.15) is 0 Å². The molecule has 0 aliphatic heterocycles. The van der Waals surface area contributed by atoms with Crippen molar-refractivity contribution < 1.29 is 14.3 Å². The minimum absolute atomic E-state index is 0.0243. The molecule has 1 amide bonds. The Kier molecular flexibility index (Phi) is 5.64. The number of pyridine rings is 1. The molecule has 0 N–H and O–H groups in total. The highest BCUT2D eigenvalue weighted by atomic mass is 32.2. The number of thioether (sulfide) groups is 1. The quantitative estimate of drug-likeness (QED) is 0.597. The second-order valence-electron chi connectivity index (χ2n) is 3.68. The minimum atomic E-state index is -0.383. The molecule has 0 fully saturated rings. The first-order valence-electron chi connectivity index (χ1n) is 5.50. The zero-order chi connectivity index (χ0) is 13.5. The van der Waals surface area contributed by atoms with Gasteiger partial charge in [-0.3, -0.25) is 4.79 Å². The maximum atomic E-state index is 11.4. The monoisotopic (exact) mass is 268 g/mol. The van der Waals surface area contributed by atoms with Crippen molar-refractivity contribution in [2.24, 2.45) is 0 Å². The Hall–Kier alpha value is -1.56. The van der Waals surface area contributed by atoms with Crippen LogP contribution in [0.2, 0.25) is 0 Å². The highest BCUT2D eigenvalue weighted by Gasteiger charge is 2.08. The lowest BCUT2D eigenvalue weighted by molar-refractivity contribution is -0.125. The predicted octanol–water partition coefficient (Wildman–Crippen LogP) is 1.44. The molecule has 0 aliphatic carbocycles. The molecular weight excluding hydrogens is 252 g/mol. The third-order valence-electron chi connectivity index (χ3n) is 2.09. The summed E-state index contributed by atoms with van der Waals surface area (Å²) >= 11 is 1.34. The lowest BCUT2D eigenvalue weighted by Gasteiger charge is -2.09. The third kappa shape index (κ3) is 4.37. The van der Waals surface area contributed by atoms with E-state index in [0.29, 0.717) is 22.9 Å². The number of rotatable bonds is 5. The van der Waals surface area contributed by atoms with Crippen molar-refractivity contribution in [3.8, 4) is 0 Å². The van der Waals surface area contributed by atoms with E-state index in [1.165, 1.54) is 22.9 Å². The number of carbonyl (C=O) groups excluding carboxylic acids is 2. The summed E-state index contributed by atoms with van der Waals surface area (Å²) in [6, 6.07) is 3.35. The molecule has 18 heavy (non-hydrogen) atoms. The highest BCUT2D eigenvalue weighted by molar-refractivity contribution is 7.99. The number of carbonyl (C=O) groups is 2. The predicted molar refractivity (Wildman–Crippen MR) is 69.6 cm³/mol. The second-order valence-corrected chi connectivity index (χ2v) is 4.68. The van der Waals surface area contributed by atoms with E-state index in [1.54, 1.807) is 33.2 Å². The SMILES string of the molecule is CCOC(=O)c1ccc(SCC(=O)N(C)C)nc1. The Labute approximate surface area is 111 Å². The van der Waals surface area contributed by atoms with Crippen LogP contribution in [0.1, 0.15) is 17.3 Å². The van der Waals surface area contributed by atoms with E-state index in [1.807, 2.05) is 0 Å². The maximum absolute atomic E-state index is 11.4. The number of ether oxygens (including phenoxy) is 1. The van der Waals surface area contributed by atoms with Crippen molar-refractivity contribution in [1.29, 1.82) is 0 Å². The van der Waals surface area contributed by atoms with Crippen molar-refractivity contribution in [2.45, 2.75) is 11.9 Å². The smallest absolute Gasteiger partial charge is 0.339 e. The molecule has 0 bridgehead atoms. The fraction of sp³-hybridized carbons (Fsp3) is 0.417. The Morgan fingerprint density at radius 3 is 2.61 bits per heavy atom. The average Bonchev–Trinajstić information content (AvgIpc) is 2.36. The zero-order valence-electron chi connectivity index (χ0n) is 10.7. The standard InChI is InChI=1S/C12H16N2O3S/c1-4-17-12(16)9-5-6-10(13-7-9)18-8-11(15)14(2)3/h5-7H,4,8H2,1-3H3. The van der Waals surface area contributed by atoms with Crippen LogP contribution in [0.15, 0.2) is 23.4 Å². The van der Waals surface area contributed by atoms with Crippen LogP contribution >= 0.6 is 11.8 Å². The van der Waals surface area contributed by atoms with Crippen molar-refractivity contribution in [2.75, 3.05) is 26.5 Å². The first-order chi connectivity index (χ1) is 8.54. The lowest BCUT2D eigenvalue weighted by Crippen LogP contribution is -2.23. The molecule has 6 heteroatoms. The van der Waals surface area contributed by atoms with Crippen molar-refractivity contribution >= 4 is 23.6 Å². The summed E-state index contributed by atoms with van der Waals surface area (Å²) in [5, 5.41) is 0.707. The van der Waals surface area contributed by atoms with Gasteiger partial charge in [0.15, 0.2) is 0 Å². The van der Waals surface area contributed by atoms with Crippen LogP contribution in [0.3, 0.4) is 0 Å². The number of amides is 1. The summed E-state index contributed by atoms with van der Waals surface area (Å²) in [5.74, 6) is -0.0270. The normalized spacial score (nSPS) is 9.94. The van der Waals surface area contributed by atoms with Gasteiger partial charge >= 0.3 is 5.97 Å². The van der Waals surface area contributed by atoms with Crippen LogP contribution in [0, 0.1) is 0 Å². The summed E-state index contributed by atoms with van der Waals surface area (Å²) < 4.78 is 4.85. The van der Waals surface area contributed by atoms with E-state index in [4.69, 9.17) is 4.74 Å². The number of hydrogen-bond donors (Lipinski definition) is 0. The summed E-state index contributed by atoms with van der Waals surface area (Å²) in [4.78, 5) is 28.4. The first kappa shape index (κ1) is 14.5. The lowest BCUT2D eigenvalue weighted by atomic mass is 10.3. The third-order valence-corrected chi connectivity index (χ3v) is 3.02. The maximum Gasteiger partial charge on any atom is 0.339 e. The van der Waals surface area contributed by atoms with Gasteiger partial charge in [-0.15, -0.1) is 0 Å². The zero-order valence-corrected chi connectivity index (χ0v) is 11.5. The molecule has 1 aromatic rings. The fourth-order valence-electron chi connectivity index (χ4n) is 1.07. The Bertz CT molecular complexity index is 418.